The first-order valence-corrected chi connectivity index (χ1v) is 7.30. The molecule has 0 saturated carbocycles. The fraction of sp³-hybridized carbons (Fsp3) is 0.562. The number of hydrogen-bond acceptors (Lipinski definition) is 2. The Kier molecular flexibility index (Phi) is 5.40. The van der Waals surface area contributed by atoms with E-state index >= 15 is 0 Å². The van der Waals surface area contributed by atoms with E-state index in [1.165, 1.54) is 0 Å². The van der Waals surface area contributed by atoms with Crippen molar-refractivity contribution in [3.63, 3.8) is 0 Å². The number of carbonyl (C=O) groups excluding carboxylic acids is 1. The van der Waals surface area contributed by atoms with Crippen LogP contribution in [0.25, 0.3) is 0 Å². The van der Waals surface area contributed by atoms with Crippen molar-refractivity contribution < 1.29 is 9.53 Å². The standard InChI is InChI=1S/C16H23NO2/c1-2-3-13-19-15-11-7-8-12-17(15)16(18)14-9-5-4-6-10-14/h4-6,9-10,15H,2-3,7-8,11-13H2,1H3. The Hall–Kier alpha value is -1.35. The highest BCUT2D eigenvalue weighted by molar-refractivity contribution is 5.94. The lowest BCUT2D eigenvalue weighted by atomic mass is 10.1. The molecule has 0 spiro atoms. The van der Waals surface area contributed by atoms with E-state index in [9.17, 15) is 4.79 Å². The van der Waals surface area contributed by atoms with Gasteiger partial charge < -0.3 is 9.64 Å². The minimum atomic E-state index is -0.0343. The third-order valence-electron chi connectivity index (χ3n) is 3.54. The van der Waals surface area contributed by atoms with Crippen LogP contribution in [0.4, 0.5) is 0 Å². The van der Waals surface area contributed by atoms with Gasteiger partial charge in [0.15, 0.2) is 0 Å². The molecule has 0 bridgehead atoms. The molecular formula is C16H23NO2. The van der Waals surface area contributed by atoms with Crippen molar-refractivity contribution in [3.05, 3.63) is 35.9 Å². The molecule has 0 radical (unpaired) electrons. The van der Waals surface area contributed by atoms with Crippen LogP contribution in [0.5, 0.6) is 0 Å². The molecule has 1 aliphatic rings. The van der Waals surface area contributed by atoms with Gasteiger partial charge in [-0.05, 0) is 37.8 Å². The molecule has 1 fully saturated rings. The average molecular weight is 261 g/mol. The van der Waals surface area contributed by atoms with Crippen LogP contribution in [0.3, 0.4) is 0 Å². The zero-order valence-electron chi connectivity index (χ0n) is 11.7. The normalized spacial score (nSPS) is 19.4. The minimum absolute atomic E-state index is 0.0343. The smallest absolute Gasteiger partial charge is 0.255 e. The summed E-state index contributed by atoms with van der Waals surface area (Å²) in [5.74, 6) is 0.0989. The van der Waals surface area contributed by atoms with Gasteiger partial charge >= 0.3 is 0 Å². The predicted octanol–water partition coefficient (Wildman–Crippen LogP) is 3.46. The summed E-state index contributed by atoms with van der Waals surface area (Å²) >= 11 is 0. The first-order chi connectivity index (χ1) is 9.33. The lowest BCUT2D eigenvalue weighted by Crippen LogP contribution is -2.45. The number of likely N-dealkylation sites (tertiary alicyclic amines) is 1. The van der Waals surface area contributed by atoms with E-state index in [1.807, 2.05) is 35.2 Å². The fourth-order valence-corrected chi connectivity index (χ4v) is 2.42. The van der Waals surface area contributed by atoms with Crippen LogP contribution < -0.4 is 0 Å². The summed E-state index contributed by atoms with van der Waals surface area (Å²) in [5, 5.41) is 0. The molecule has 1 aliphatic heterocycles. The maximum Gasteiger partial charge on any atom is 0.255 e. The quantitative estimate of drug-likeness (QED) is 0.760. The number of hydrogen-bond donors (Lipinski definition) is 0. The molecule has 1 atom stereocenters. The van der Waals surface area contributed by atoms with Crippen LogP contribution >= 0.6 is 0 Å². The Morgan fingerprint density at radius 1 is 1.32 bits per heavy atom. The molecule has 1 amide bonds. The van der Waals surface area contributed by atoms with Crippen LogP contribution in [-0.2, 0) is 4.74 Å². The maximum atomic E-state index is 12.5. The van der Waals surface area contributed by atoms with Crippen molar-refractivity contribution in [1.82, 2.24) is 4.90 Å². The zero-order valence-corrected chi connectivity index (χ0v) is 11.7. The highest BCUT2D eigenvalue weighted by Crippen LogP contribution is 2.20. The summed E-state index contributed by atoms with van der Waals surface area (Å²) in [6.45, 7) is 3.71. The summed E-state index contributed by atoms with van der Waals surface area (Å²) in [4.78, 5) is 14.4. The van der Waals surface area contributed by atoms with Gasteiger partial charge in [-0.15, -0.1) is 0 Å². The van der Waals surface area contributed by atoms with Gasteiger partial charge in [-0.25, -0.2) is 0 Å². The SMILES string of the molecule is CCCCOC1CCCCN1C(=O)c1ccccc1. The monoisotopic (exact) mass is 261 g/mol. The summed E-state index contributed by atoms with van der Waals surface area (Å²) in [6.07, 6.45) is 5.33. The fourth-order valence-electron chi connectivity index (χ4n) is 2.42. The number of rotatable bonds is 5. The van der Waals surface area contributed by atoms with E-state index in [0.717, 1.165) is 50.8 Å². The number of benzene rings is 1. The van der Waals surface area contributed by atoms with Crippen molar-refractivity contribution >= 4 is 5.91 Å². The third kappa shape index (κ3) is 3.80. The van der Waals surface area contributed by atoms with E-state index in [-0.39, 0.29) is 12.1 Å². The number of nitrogens with zero attached hydrogens (tertiary/aromatic N) is 1. The molecule has 19 heavy (non-hydrogen) atoms. The number of amides is 1. The lowest BCUT2D eigenvalue weighted by molar-refractivity contribution is -0.0640. The summed E-state index contributed by atoms with van der Waals surface area (Å²) in [6, 6.07) is 9.50. The molecule has 2 rings (SSSR count). The van der Waals surface area contributed by atoms with Gasteiger partial charge in [0, 0.05) is 18.7 Å². The predicted molar refractivity (Wildman–Crippen MR) is 76.0 cm³/mol. The van der Waals surface area contributed by atoms with Gasteiger partial charge in [0.2, 0.25) is 0 Å². The molecule has 1 unspecified atom stereocenters. The van der Waals surface area contributed by atoms with Gasteiger partial charge in [0.05, 0.1) is 0 Å². The number of unbranched alkanes of at least 4 members (excludes halogenated alkanes) is 1. The Labute approximate surface area is 115 Å². The van der Waals surface area contributed by atoms with Crippen LogP contribution in [0, 0.1) is 0 Å². The molecule has 1 heterocycles. The van der Waals surface area contributed by atoms with Crippen LogP contribution in [0.2, 0.25) is 0 Å². The van der Waals surface area contributed by atoms with Crippen molar-refractivity contribution in [2.75, 3.05) is 13.2 Å². The molecule has 3 heteroatoms. The molecule has 104 valence electrons. The summed E-state index contributed by atoms with van der Waals surface area (Å²) in [7, 11) is 0. The number of carbonyl (C=O) groups is 1. The lowest BCUT2D eigenvalue weighted by Gasteiger charge is -2.35. The van der Waals surface area contributed by atoms with Crippen LogP contribution in [0.1, 0.15) is 49.4 Å². The first kappa shape index (κ1) is 14.1. The molecule has 3 nitrogen and oxygen atoms in total. The third-order valence-corrected chi connectivity index (χ3v) is 3.54. The van der Waals surface area contributed by atoms with E-state index < -0.39 is 0 Å². The second kappa shape index (κ2) is 7.29. The van der Waals surface area contributed by atoms with Crippen molar-refractivity contribution in [2.45, 2.75) is 45.3 Å². The Balaban J connectivity index is 2.00. The zero-order chi connectivity index (χ0) is 13.5. The highest BCUT2D eigenvalue weighted by Gasteiger charge is 2.27. The molecule has 1 saturated heterocycles. The van der Waals surface area contributed by atoms with Gasteiger partial charge in [0.25, 0.3) is 5.91 Å². The highest BCUT2D eigenvalue weighted by atomic mass is 16.5. The Morgan fingerprint density at radius 2 is 2.11 bits per heavy atom. The van der Waals surface area contributed by atoms with Crippen LogP contribution in [0.15, 0.2) is 30.3 Å². The van der Waals surface area contributed by atoms with Crippen molar-refractivity contribution in [2.24, 2.45) is 0 Å². The number of ether oxygens (including phenoxy) is 1. The van der Waals surface area contributed by atoms with Gasteiger partial charge in [-0.3, -0.25) is 4.79 Å². The summed E-state index contributed by atoms with van der Waals surface area (Å²) < 4.78 is 5.88. The molecule has 0 aromatic heterocycles. The van der Waals surface area contributed by atoms with E-state index in [0.29, 0.717) is 0 Å². The molecule has 0 aliphatic carbocycles. The topological polar surface area (TPSA) is 29.5 Å². The maximum absolute atomic E-state index is 12.5. The van der Waals surface area contributed by atoms with Gasteiger partial charge in [-0.2, -0.15) is 0 Å². The van der Waals surface area contributed by atoms with E-state index in [2.05, 4.69) is 6.92 Å². The largest absolute Gasteiger partial charge is 0.358 e. The van der Waals surface area contributed by atoms with E-state index in [1.54, 1.807) is 0 Å². The van der Waals surface area contributed by atoms with E-state index in [4.69, 9.17) is 4.74 Å². The summed E-state index contributed by atoms with van der Waals surface area (Å²) in [5.41, 5.74) is 0.758. The van der Waals surface area contributed by atoms with Crippen LogP contribution in [-0.4, -0.2) is 30.2 Å². The second-order valence-electron chi connectivity index (χ2n) is 5.04. The van der Waals surface area contributed by atoms with Gasteiger partial charge in [-0.1, -0.05) is 31.5 Å². The molecule has 1 aromatic carbocycles. The molecular weight excluding hydrogens is 238 g/mol. The average Bonchev–Trinajstić information content (AvgIpc) is 2.48. The minimum Gasteiger partial charge on any atom is -0.358 e. The Morgan fingerprint density at radius 3 is 2.84 bits per heavy atom. The second-order valence-corrected chi connectivity index (χ2v) is 5.04. The molecule has 0 N–H and O–H groups in total. The number of piperidine rings is 1. The Bertz CT molecular complexity index is 391. The van der Waals surface area contributed by atoms with Crippen molar-refractivity contribution in [3.8, 4) is 0 Å². The first-order valence-electron chi connectivity index (χ1n) is 7.30. The van der Waals surface area contributed by atoms with Gasteiger partial charge in [0.1, 0.15) is 6.23 Å². The van der Waals surface area contributed by atoms with Crippen molar-refractivity contribution in [1.29, 1.82) is 0 Å². The molecule has 1 aromatic rings.